The lowest BCUT2D eigenvalue weighted by atomic mass is 10.1. The Bertz CT molecular complexity index is 834. The van der Waals surface area contributed by atoms with Crippen LogP contribution in [0, 0.1) is 0 Å². The summed E-state index contributed by atoms with van der Waals surface area (Å²) >= 11 is 3.30. The van der Waals surface area contributed by atoms with Gasteiger partial charge in [0.25, 0.3) is 5.91 Å². The Hall–Kier alpha value is -1.92. The molecule has 1 aliphatic carbocycles. The molecule has 1 N–H and O–H groups in total. The molecule has 0 atom stereocenters. The zero-order valence-electron chi connectivity index (χ0n) is 17.0. The first-order chi connectivity index (χ1) is 14.0. The molecule has 1 aliphatic rings. The molecule has 2 aromatic rings. The minimum atomic E-state index is -0.0645. The maximum atomic E-state index is 13.0. The third kappa shape index (κ3) is 6.03. The van der Waals surface area contributed by atoms with Gasteiger partial charge in [0, 0.05) is 35.2 Å². The molecule has 0 radical (unpaired) electrons. The number of rotatable bonds is 8. The van der Waals surface area contributed by atoms with Crippen molar-refractivity contribution in [3.63, 3.8) is 0 Å². The third-order valence-corrected chi connectivity index (χ3v) is 7.70. The van der Waals surface area contributed by atoms with Gasteiger partial charge < -0.3 is 10.2 Å². The van der Waals surface area contributed by atoms with E-state index in [1.165, 1.54) is 29.5 Å². The van der Waals surface area contributed by atoms with E-state index >= 15 is 0 Å². The van der Waals surface area contributed by atoms with Crippen molar-refractivity contribution in [1.82, 2.24) is 10.2 Å². The second kappa shape index (κ2) is 10.2. The molecule has 154 valence electrons. The van der Waals surface area contributed by atoms with E-state index < -0.39 is 0 Å². The van der Waals surface area contributed by atoms with Crippen molar-refractivity contribution in [2.24, 2.45) is 0 Å². The first-order valence-electron chi connectivity index (χ1n) is 9.93. The van der Waals surface area contributed by atoms with Crippen molar-refractivity contribution in [3.05, 3.63) is 60.2 Å². The highest BCUT2D eigenvalue weighted by atomic mass is 32.2. The van der Waals surface area contributed by atoms with Crippen LogP contribution in [0.2, 0.25) is 0 Å². The Kier molecular flexibility index (Phi) is 7.67. The summed E-state index contributed by atoms with van der Waals surface area (Å²) < 4.78 is 0.0555. The number of thioether (sulfide) groups is 2. The number of amides is 2. The van der Waals surface area contributed by atoms with Gasteiger partial charge >= 0.3 is 0 Å². The Balaban J connectivity index is 1.66. The minimum Gasteiger partial charge on any atom is -0.351 e. The fourth-order valence-electron chi connectivity index (χ4n) is 3.46. The summed E-state index contributed by atoms with van der Waals surface area (Å²) in [6, 6.07) is 18.0. The maximum Gasteiger partial charge on any atom is 0.252 e. The molecule has 4 nitrogen and oxygen atoms in total. The number of carbonyl (C=O) groups excluding carboxylic acids is 2. The van der Waals surface area contributed by atoms with Gasteiger partial charge in [-0.3, -0.25) is 9.59 Å². The maximum absolute atomic E-state index is 13.0. The van der Waals surface area contributed by atoms with Gasteiger partial charge in [0.05, 0.1) is 11.3 Å². The van der Waals surface area contributed by atoms with Crippen molar-refractivity contribution >= 4 is 35.3 Å². The first kappa shape index (κ1) is 21.8. The average Bonchev–Trinajstić information content (AvgIpc) is 3.19. The highest BCUT2D eigenvalue weighted by Crippen LogP contribution is 2.44. The first-order valence-corrected chi connectivity index (χ1v) is 11.7. The zero-order valence-corrected chi connectivity index (χ0v) is 18.7. The molecule has 6 heteroatoms. The van der Waals surface area contributed by atoms with Crippen molar-refractivity contribution in [2.75, 3.05) is 26.4 Å². The molecular weight excluding hydrogens is 400 g/mol. The molecule has 0 aromatic heterocycles. The number of nitrogens with zero attached hydrogens (tertiary/aromatic N) is 1. The third-order valence-electron chi connectivity index (χ3n) is 5.15. The molecule has 0 saturated heterocycles. The summed E-state index contributed by atoms with van der Waals surface area (Å²) in [5.41, 5.74) is 0.641. The van der Waals surface area contributed by atoms with Gasteiger partial charge in [-0.25, -0.2) is 0 Å². The molecule has 1 fully saturated rings. The summed E-state index contributed by atoms with van der Waals surface area (Å²) in [6.07, 6.45) is 4.63. The molecule has 0 heterocycles. The van der Waals surface area contributed by atoms with Crippen molar-refractivity contribution in [2.45, 2.75) is 40.2 Å². The Morgan fingerprint density at radius 2 is 1.66 bits per heavy atom. The number of carbonyl (C=O) groups is 2. The lowest BCUT2D eigenvalue weighted by molar-refractivity contribution is -0.125. The zero-order chi connectivity index (χ0) is 20.7. The van der Waals surface area contributed by atoms with E-state index in [0.717, 1.165) is 17.7 Å². The lowest BCUT2D eigenvalue weighted by Crippen LogP contribution is -2.38. The fourth-order valence-corrected chi connectivity index (χ4v) is 5.92. The van der Waals surface area contributed by atoms with Gasteiger partial charge in [-0.05, 0) is 37.1 Å². The quantitative estimate of drug-likeness (QED) is 0.619. The number of hydrogen-bond donors (Lipinski definition) is 1. The smallest absolute Gasteiger partial charge is 0.252 e. The van der Waals surface area contributed by atoms with Crippen molar-refractivity contribution in [3.8, 4) is 0 Å². The van der Waals surface area contributed by atoms with E-state index in [2.05, 4.69) is 29.6 Å². The van der Waals surface area contributed by atoms with Crippen molar-refractivity contribution < 1.29 is 9.59 Å². The monoisotopic (exact) mass is 428 g/mol. The Morgan fingerprint density at radius 3 is 2.34 bits per heavy atom. The summed E-state index contributed by atoms with van der Waals surface area (Å²) in [5, 5.41) is 3.18. The Labute approximate surface area is 181 Å². The molecule has 0 aliphatic heterocycles. The van der Waals surface area contributed by atoms with Crippen LogP contribution in [0.5, 0.6) is 0 Å². The molecular formula is C23H28N2O2S2. The van der Waals surface area contributed by atoms with Crippen LogP contribution in [0.1, 0.15) is 36.0 Å². The van der Waals surface area contributed by atoms with Crippen molar-refractivity contribution in [1.29, 1.82) is 0 Å². The molecule has 2 amide bonds. The average molecular weight is 429 g/mol. The SMILES string of the molecule is CN(C)C(=O)CSc1ccccc1C(=O)NCC1(Sc2ccccc2)CCCC1. The van der Waals surface area contributed by atoms with Crippen LogP contribution in [0.3, 0.4) is 0 Å². The van der Waals surface area contributed by atoms with E-state index in [0.29, 0.717) is 17.9 Å². The van der Waals surface area contributed by atoms with Gasteiger partial charge in [-0.15, -0.1) is 23.5 Å². The summed E-state index contributed by atoms with van der Waals surface area (Å²) in [4.78, 5) is 28.5. The van der Waals surface area contributed by atoms with E-state index in [1.807, 2.05) is 42.1 Å². The van der Waals surface area contributed by atoms with Crippen LogP contribution in [-0.2, 0) is 4.79 Å². The van der Waals surface area contributed by atoms with Crippen LogP contribution in [-0.4, -0.2) is 47.9 Å². The fraction of sp³-hybridized carbons (Fsp3) is 0.391. The molecule has 0 unspecified atom stereocenters. The lowest BCUT2D eigenvalue weighted by Gasteiger charge is -2.29. The summed E-state index contributed by atoms with van der Waals surface area (Å²) in [6.45, 7) is 0.654. The summed E-state index contributed by atoms with van der Waals surface area (Å²) in [5.74, 6) is 0.296. The van der Waals surface area contributed by atoms with Crippen LogP contribution in [0.4, 0.5) is 0 Å². The molecule has 0 bridgehead atoms. The van der Waals surface area contributed by atoms with E-state index in [1.54, 1.807) is 19.0 Å². The molecule has 29 heavy (non-hydrogen) atoms. The van der Waals surface area contributed by atoms with Crippen LogP contribution in [0.25, 0.3) is 0 Å². The predicted octanol–water partition coefficient (Wildman–Crippen LogP) is 4.70. The van der Waals surface area contributed by atoms with Gasteiger partial charge in [0.15, 0.2) is 0 Å². The largest absolute Gasteiger partial charge is 0.351 e. The van der Waals surface area contributed by atoms with E-state index in [9.17, 15) is 9.59 Å². The van der Waals surface area contributed by atoms with Crippen LogP contribution in [0.15, 0.2) is 64.4 Å². The topological polar surface area (TPSA) is 49.4 Å². The molecule has 3 rings (SSSR count). The molecule has 0 spiro atoms. The van der Waals surface area contributed by atoms with Gasteiger partial charge in [-0.1, -0.05) is 43.2 Å². The van der Waals surface area contributed by atoms with Crippen LogP contribution >= 0.6 is 23.5 Å². The standard InChI is InChI=1S/C23H28N2O2S2/c1-25(2)21(26)16-28-20-13-7-6-12-19(20)22(27)24-17-23(14-8-9-15-23)29-18-10-4-3-5-11-18/h3-7,10-13H,8-9,14-17H2,1-2H3,(H,24,27). The Morgan fingerprint density at radius 1 is 1.00 bits per heavy atom. The van der Waals surface area contributed by atoms with Gasteiger partial charge in [-0.2, -0.15) is 0 Å². The normalized spacial score (nSPS) is 15.1. The highest BCUT2D eigenvalue weighted by molar-refractivity contribution is 8.00. The van der Waals surface area contributed by atoms with Gasteiger partial charge in [0.2, 0.25) is 5.91 Å². The molecule has 2 aromatic carbocycles. The van der Waals surface area contributed by atoms with Gasteiger partial charge in [0.1, 0.15) is 0 Å². The number of hydrogen-bond acceptors (Lipinski definition) is 4. The number of nitrogens with one attached hydrogen (secondary N) is 1. The highest BCUT2D eigenvalue weighted by Gasteiger charge is 2.35. The second-order valence-electron chi connectivity index (χ2n) is 7.56. The second-order valence-corrected chi connectivity index (χ2v) is 10.1. The molecule has 1 saturated carbocycles. The number of benzene rings is 2. The van der Waals surface area contributed by atoms with E-state index in [4.69, 9.17) is 0 Å². The van der Waals surface area contributed by atoms with E-state index in [-0.39, 0.29) is 16.6 Å². The summed E-state index contributed by atoms with van der Waals surface area (Å²) in [7, 11) is 3.49. The minimum absolute atomic E-state index is 0.0365. The predicted molar refractivity (Wildman–Crippen MR) is 122 cm³/mol. The van der Waals surface area contributed by atoms with Crippen LogP contribution < -0.4 is 5.32 Å².